The van der Waals surface area contributed by atoms with Crippen LogP contribution in [0.4, 0.5) is 17.6 Å². The lowest BCUT2D eigenvalue weighted by Gasteiger charge is -2.12. The zero-order valence-corrected chi connectivity index (χ0v) is 8.81. The SMILES string of the molecule is CCC(N)Cc1cc(F)cc(C(F)(F)F)c1. The second-order valence-electron chi connectivity index (χ2n) is 3.72. The highest BCUT2D eigenvalue weighted by Gasteiger charge is 2.31. The molecular formula is C11H13F4N. The summed E-state index contributed by atoms with van der Waals surface area (Å²) in [6.45, 7) is 1.83. The predicted octanol–water partition coefficient (Wildman–Crippen LogP) is 3.12. The highest BCUT2D eigenvalue weighted by Crippen LogP contribution is 2.30. The standard InChI is InChI=1S/C11H13F4N/c1-2-10(16)5-7-3-8(11(13,14)15)6-9(12)4-7/h3-4,6,10H,2,5,16H2,1H3. The van der Waals surface area contributed by atoms with Crippen molar-refractivity contribution in [2.24, 2.45) is 5.73 Å². The van der Waals surface area contributed by atoms with E-state index < -0.39 is 17.6 Å². The number of rotatable bonds is 3. The number of benzene rings is 1. The van der Waals surface area contributed by atoms with Crippen LogP contribution in [0.1, 0.15) is 24.5 Å². The van der Waals surface area contributed by atoms with Crippen LogP contribution in [0.15, 0.2) is 18.2 Å². The molecule has 0 heterocycles. The third kappa shape index (κ3) is 3.48. The lowest BCUT2D eigenvalue weighted by molar-refractivity contribution is -0.137. The van der Waals surface area contributed by atoms with Crippen molar-refractivity contribution >= 4 is 0 Å². The largest absolute Gasteiger partial charge is 0.416 e. The fourth-order valence-corrected chi connectivity index (χ4v) is 1.38. The molecule has 0 bridgehead atoms. The lowest BCUT2D eigenvalue weighted by atomic mass is 10.0. The third-order valence-corrected chi connectivity index (χ3v) is 2.31. The minimum absolute atomic E-state index is 0.247. The van der Waals surface area contributed by atoms with Crippen LogP contribution in [-0.2, 0) is 12.6 Å². The van der Waals surface area contributed by atoms with Gasteiger partial charge >= 0.3 is 6.18 Å². The fourth-order valence-electron chi connectivity index (χ4n) is 1.38. The summed E-state index contributed by atoms with van der Waals surface area (Å²) >= 11 is 0. The number of hydrogen-bond donors (Lipinski definition) is 1. The molecule has 0 aliphatic rings. The monoisotopic (exact) mass is 235 g/mol. The van der Waals surface area contributed by atoms with Gasteiger partial charge in [-0.05, 0) is 36.6 Å². The Bertz CT molecular complexity index is 359. The lowest BCUT2D eigenvalue weighted by Crippen LogP contribution is -2.21. The van der Waals surface area contributed by atoms with Gasteiger partial charge in [-0.15, -0.1) is 0 Å². The van der Waals surface area contributed by atoms with Gasteiger partial charge in [-0.25, -0.2) is 4.39 Å². The van der Waals surface area contributed by atoms with E-state index in [0.29, 0.717) is 12.5 Å². The number of nitrogens with two attached hydrogens (primary N) is 1. The molecule has 2 N–H and O–H groups in total. The van der Waals surface area contributed by atoms with E-state index in [1.807, 2.05) is 6.92 Å². The molecule has 1 aromatic carbocycles. The van der Waals surface area contributed by atoms with E-state index in [-0.39, 0.29) is 18.0 Å². The van der Waals surface area contributed by atoms with E-state index >= 15 is 0 Å². The van der Waals surface area contributed by atoms with Crippen molar-refractivity contribution in [1.29, 1.82) is 0 Å². The first-order valence-corrected chi connectivity index (χ1v) is 4.95. The number of hydrogen-bond acceptors (Lipinski definition) is 1. The van der Waals surface area contributed by atoms with Crippen molar-refractivity contribution in [3.63, 3.8) is 0 Å². The Labute approximate surface area is 91.3 Å². The van der Waals surface area contributed by atoms with Gasteiger partial charge in [0.1, 0.15) is 5.82 Å². The first-order chi connectivity index (χ1) is 7.32. The Balaban J connectivity index is 2.99. The molecule has 0 saturated carbocycles. The Hall–Kier alpha value is -1.10. The molecule has 16 heavy (non-hydrogen) atoms. The number of alkyl halides is 3. The van der Waals surface area contributed by atoms with Gasteiger partial charge in [-0.1, -0.05) is 6.92 Å². The molecule has 0 radical (unpaired) electrons. The van der Waals surface area contributed by atoms with Gasteiger partial charge in [0, 0.05) is 6.04 Å². The zero-order valence-electron chi connectivity index (χ0n) is 8.81. The summed E-state index contributed by atoms with van der Waals surface area (Å²) in [4.78, 5) is 0. The molecule has 0 saturated heterocycles. The second-order valence-corrected chi connectivity index (χ2v) is 3.72. The molecule has 0 aliphatic heterocycles. The molecular weight excluding hydrogens is 222 g/mol. The summed E-state index contributed by atoms with van der Waals surface area (Å²) in [5, 5.41) is 0. The van der Waals surface area contributed by atoms with Gasteiger partial charge in [0.05, 0.1) is 5.56 Å². The summed E-state index contributed by atoms with van der Waals surface area (Å²) in [6, 6.07) is 2.27. The Morgan fingerprint density at radius 3 is 2.38 bits per heavy atom. The van der Waals surface area contributed by atoms with Crippen LogP contribution in [0.3, 0.4) is 0 Å². The van der Waals surface area contributed by atoms with E-state index in [0.717, 1.165) is 12.1 Å². The van der Waals surface area contributed by atoms with E-state index in [1.54, 1.807) is 0 Å². The average Bonchev–Trinajstić information content (AvgIpc) is 2.15. The van der Waals surface area contributed by atoms with E-state index in [1.165, 1.54) is 0 Å². The zero-order chi connectivity index (χ0) is 12.3. The first kappa shape index (κ1) is 13.0. The average molecular weight is 235 g/mol. The second kappa shape index (κ2) is 4.82. The summed E-state index contributed by atoms with van der Waals surface area (Å²) in [7, 11) is 0. The van der Waals surface area contributed by atoms with Gasteiger partial charge in [-0.2, -0.15) is 13.2 Å². The third-order valence-electron chi connectivity index (χ3n) is 2.31. The van der Waals surface area contributed by atoms with Crippen LogP contribution in [0.5, 0.6) is 0 Å². The van der Waals surface area contributed by atoms with Gasteiger partial charge < -0.3 is 5.73 Å². The molecule has 1 rings (SSSR count). The summed E-state index contributed by atoms with van der Waals surface area (Å²) < 4.78 is 50.1. The maximum atomic E-state index is 13.0. The topological polar surface area (TPSA) is 26.0 Å². The molecule has 0 spiro atoms. The first-order valence-electron chi connectivity index (χ1n) is 4.95. The Morgan fingerprint density at radius 1 is 1.25 bits per heavy atom. The molecule has 0 fully saturated rings. The van der Waals surface area contributed by atoms with Crippen LogP contribution in [0.25, 0.3) is 0 Å². The molecule has 90 valence electrons. The molecule has 0 aromatic heterocycles. The van der Waals surface area contributed by atoms with Crippen molar-refractivity contribution in [1.82, 2.24) is 0 Å². The van der Waals surface area contributed by atoms with Crippen molar-refractivity contribution < 1.29 is 17.6 Å². The smallest absolute Gasteiger partial charge is 0.327 e. The van der Waals surface area contributed by atoms with Crippen LogP contribution >= 0.6 is 0 Å². The normalized spacial score (nSPS) is 13.9. The van der Waals surface area contributed by atoms with Gasteiger partial charge in [0.25, 0.3) is 0 Å². The molecule has 1 atom stereocenters. The quantitative estimate of drug-likeness (QED) is 0.800. The van der Waals surface area contributed by atoms with Crippen LogP contribution in [-0.4, -0.2) is 6.04 Å². The molecule has 1 nitrogen and oxygen atoms in total. The highest BCUT2D eigenvalue weighted by molar-refractivity contribution is 5.27. The fraction of sp³-hybridized carbons (Fsp3) is 0.455. The molecule has 0 amide bonds. The minimum atomic E-state index is -4.52. The number of halogens is 4. The van der Waals surface area contributed by atoms with Gasteiger partial charge in [0.2, 0.25) is 0 Å². The van der Waals surface area contributed by atoms with Crippen LogP contribution in [0, 0.1) is 5.82 Å². The van der Waals surface area contributed by atoms with E-state index in [2.05, 4.69) is 0 Å². The minimum Gasteiger partial charge on any atom is -0.327 e. The Morgan fingerprint density at radius 2 is 1.88 bits per heavy atom. The predicted molar refractivity (Wildman–Crippen MR) is 53.4 cm³/mol. The maximum Gasteiger partial charge on any atom is 0.416 e. The van der Waals surface area contributed by atoms with Gasteiger partial charge in [-0.3, -0.25) is 0 Å². The summed E-state index contributed by atoms with van der Waals surface area (Å²) in [6.07, 6.45) is -3.64. The Kier molecular flexibility index (Phi) is 3.91. The van der Waals surface area contributed by atoms with E-state index in [9.17, 15) is 17.6 Å². The molecule has 5 heteroatoms. The van der Waals surface area contributed by atoms with Crippen molar-refractivity contribution in [3.05, 3.63) is 35.1 Å². The summed E-state index contributed by atoms with van der Waals surface area (Å²) in [5.74, 6) is -0.881. The van der Waals surface area contributed by atoms with Crippen LogP contribution < -0.4 is 5.73 Å². The van der Waals surface area contributed by atoms with Crippen LogP contribution in [0.2, 0.25) is 0 Å². The summed E-state index contributed by atoms with van der Waals surface area (Å²) in [5.41, 5.74) is 4.92. The molecule has 0 aliphatic carbocycles. The van der Waals surface area contributed by atoms with Gasteiger partial charge in [0.15, 0.2) is 0 Å². The van der Waals surface area contributed by atoms with Crippen molar-refractivity contribution in [2.45, 2.75) is 32.0 Å². The molecule has 1 aromatic rings. The van der Waals surface area contributed by atoms with Crippen molar-refractivity contribution in [2.75, 3.05) is 0 Å². The maximum absolute atomic E-state index is 13.0. The van der Waals surface area contributed by atoms with E-state index in [4.69, 9.17) is 5.73 Å². The molecule has 1 unspecified atom stereocenters. The highest BCUT2D eigenvalue weighted by atomic mass is 19.4. The van der Waals surface area contributed by atoms with Crippen molar-refractivity contribution in [3.8, 4) is 0 Å².